The first kappa shape index (κ1) is 15.0. The first-order chi connectivity index (χ1) is 9.31. The maximum atomic E-state index is 13.1. The van der Waals surface area contributed by atoms with E-state index in [9.17, 15) is 14.3 Å². The number of hydrogen-bond acceptors (Lipinski definition) is 2. The summed E-state index contributed by atoms with van der Waals surface area (Å²) < 4.78 is 13.1. The predicted molar refractivity (Wildman–Crippen MR) is 75.7 cm³/mol. The second-order valence-electron chi connectivity index (χ2n) is 6.23. The Balaban J connectivity index is 1.88. The van der Waals surface area contributed by atoms with Crippen LogP contribution in [0.3, 0.4) is 0 Å². The van der Waals surface area contributed by atoms with E-state index in [0.717, 1.165) is 12.0 Å². The quantitative estimate of drug-likeness (QED) is 0.870. The lowest BCUT2D eigenvalue weighted by atomic mass is 9.92. The summed E-state index contributed by atoms with van der Waals surface area (Å²) in [5.41, 5.74) is -0.0282. The third-order valence-electron chi connectivity index (χ3n) is 4.27. The Hall–Kier alpha value is -1.42. The van der Waals surface area contributed by atoms with Crippen LogP contribution in [0.5, 0.6) is 0 Å². The number of hydrogen-bond donors (Lipinski definition) is 2. The molecule has 2 N–H and O–H groups in total. The van der Waals surface area contributed by atoms with Gasteiger partial charge in [0, 0.05) is 12.5 Å². The molecule has 1 aromatic carbocycles. The molecule has 20 heavy (non-hydrogen) atoms. The third kappa shape index (κ3) is 3.37. The van der Waals surface area contributed by atoms with Crippen molar-refractivity contribution in [3.8, 4) is 0 Å². The van der Waals surface area contributed by atoms with Crippen LogP contribution in [-0.4, -0.2) is 23.2 Å². The minimum Gasteiger partial charge on any atom is -0.388 e. The fourth-order valence-corrected chi connectivity index (χ4v) is 2.19. The summed E-state index contributed by atoms with van der Waals surface area (Å²) in [6.45, 7) is 5.79. The van der Waals surface area contributed by atoms with Gasteiger partial charge < -0.3 is 10.4 Å². The van der Waals surface area contributed by atoms with E-state index in [1.807, 2.05) is 19.9 Å². The smallest absolute Gasteiger partial charge is 0.223 e. The van der Waals surface area contributed by atoms with Crippen LogP contribution in [0.2, 0.25) is 0 Å². The zero-order valence-corrected chi connectivity index (χ0v) is 12.2. The van der Waals surface area contributed by atoms with Gasteiger partial charge in [-0.2, -0.15) is 0 Å². The fraction of sp³-hybridized carbons (Fsp3) is 0.562. The molecule has 1 fully saturated rings. The summed E-state index contributed by atoms with van der Waals surface area (Å²) in [6, 6.07) is 6.41. The van der Waals surface area contributed by atoms with Gasteiger partial charge in [0.25, 0.3) is 0 Å². The van der Waals surface area contributed by atoms with Gasteiger partial charge in [-0.1, -0.05) is 26.0 Å². The minimum atomic E-state index is -0.904. The van der Waals surface area contributed by atoms with Crippen LogP contribution in [0.15, 0.2) is 24.3 Å². The molecule has 1 aliphatic rings. The molecule has 0 bridgehead atoms. The molecular formula is C16H22FNO2. The number of carbonyl (C=O) groups is 1. The summed E-state index contributed by atoms with van der Waals surface area (Å²) in [7, 11) is 0. The van der Waals surface area contributed by atoms with Gasteiger partial charge >= 0.3 is 0 Å². The van der Waals surface area contributed by atoms with E-state index < -0.39 is 5.60 Å². The van der Waals surface area contributed by atoms with Crippen molar-refractivity contribution in [3.05, 3.63) is 35.6 Å². The number of rotatable bonds is 5. The van der Waals surface area contributed by atoms with Crippen molar-refractivity contribution in [1.82, 2.24) is 5.32 Å². The highest BCUT2D eigenvalue weighted by atomic mass is 19.1. The van der Waals surface area contributed by atoms with Crippen molar-refractivity contribution in [2.45, 2.75) is 38.7 Å². The number of carbonyl (C=O) groups excluding carboxylic acids is 1. The molecule has 3 nitrogen and oxygen atoms in total. The number of halogens is 1. The molecule has 1 saturated carbocycles. The topological polar surface area (TPSA) is 49.3 Å². The van der Waals surface area contributed by atoms with Crippen molar-refractivity contribution < 1.29 is 14.3 Å². The lowest BCUT2D eigenvalue weighted by molar-refractivity contribution is -0.124. The fourth-order valence-electron chi connectivity index (χ4n) is 2.19. The third-order valence-corrected chi connectivity index (χ3v) is 4.27. The highest BCUT2D eigenvalue weighted by molar-refractivity contribution is 5.82. The Morgan fingerprint density at radius 2 is 2.25 bits per heavy atom. The van der Waals surface area contributed by atoms with E-state index in [2.05, 4.69) is 5.32 Å². The summed E-state index contributed by atoms with van der Waals surface area (Å²) in [5, 5.41) is 12.9. The first-order valence-electron chi connectivity index (χ1n) is 7.07. The first-order valence-corrected chi connectivity index (χ1v) is 7.07. The Labute approximate surface area is 119 Å². The molecule has 1 aliphatic carbocycles. The Kier molecular flexibility index (Phi) is 4.14. The SMILES string of the molecule is CC(C)C(C)(O)CNC(=O)C1CC1c1cccc(F)c1. The molecule has 2 rings (SSSR count). The molecule has 0 spiro atoms. The van der Waals surface area contributed by atoms with Gasteiger partial charge in [0.05, 0.1) is 5.60 Å². The largest absolute Gasteiger partial charge is 0.388 e. The summed E-state index contributed by atoms with van der Waals surface area (Å²) >= 11 is 0. The number of nitrogens with one attached hydrogen (secondary N) is 1. The van der Waals surface area contributed by atoms with E-state index in [4.69, 9.17) is 0 Å². The van der Waals surface area contributed by atoms with E-state index in [0.29, 0.717) is 0 Å². The molecule has 0 aliphatic heterocycles. The standard InChI is InChI=1S/C16H22FNO2/c1-10(2)16(3,20)9-18-15(19)14-8-13(14)11-5-4-6-12(17)7-11/h4-7,10,13-14,20H,8-9H2,1-3H3,(H,18,19). The van der Waals surface area contributed by atoms with E-state index >= 15 is 0 Å². The molecule has 3 atom stereocenters. The lowest BCUT2D eigenvalue weighted by Gasteiger charge is -2.27. The van der Waals surface area contributed by atoms with Gasteiger partial charge in [0.1, 0.15) is 5.82 Å². The van der Waals surface area contributed by atoms with Gasteiger partial charge in [-0.25, -0.2) is 4.39 Å². The Bertz CT molecular complexity index is 499. The molecule has 110 valence electrons. The van der Waals surface area contributed by atoms with E-state index in [1.165, 1.54) is 12.1 Å². The molecular weight excluding hydrogens is 257 g/mol. The molecule has 0 aromatic heterocycles. The van der Waals surface area contributed by atoms with Gasteiger partial charge in [-0.3, -0.25) is 4.79 Å². The molecule has 1 aromatic rings. The average Bonchev–Trinajstić information content (AvgIpc) is 3.16. The van der Waals surface area contributed by atoms with Crippen LogP contribution in [0.4, 0.5) is 4.39 Å². The van der Waals surface area contributed by atoms with Gasteiger partial charge in [0.15, 0.2) is 0 Å². The van der Waals surface area contributed by atoms with Crippen molar-refractivity contribution >= 4 is 5.91 Å². The van der Waals surface area contributed by atoms with E-state index in [1.54, 1.807) is 13.0 Å². The molecule has 4 heteroatoms. The van der Waals surface area contributed by atoms with Crippen LogP contribution in [0, 0.1) is 17.7 Å². The summed E-state index contributed by atoms with van der Waals surface area (Å²) in [4.78, 5) is 12.0. The van der Waals surface area contributed by atoms with Crippen molar-refractivity contribution in [2.24, 2.45) is 11.8 Å². The van der Waals surface area contributed by atoms with Crippen LogP contribution in [-0.2, 0) is 4.79 Å². The Morgan fingerprint density at radius 3 is 2.85 bits per heavy atom. The van der Waals surface area contributed by atoms with E-state index in [-0.39, 0.29) is 36.0 Å². The van der Waals surface area contributed by atoms with Gasteiger partial charge in [-0.05, 0) is 42.9 Å². The summed E-state index contributed by atoms with van der Waals surface area (Å²) in [5.74, 6) is -0.244. The second kappa shape index (κ2) is 5.52. The van der Waals surface area contributed by atoms with Crippen LogP contribution < -0.4 is 5.32 Å². The maximum Gasteiger partial charge on any atom is 0.223 e. The highest BCUT2D eigenvalue weighted by Gasteiger charge is 2.44. The second-order valence-corrected chi connectivity index (χ2v) is 6.23. The van der Waals surface area contributed by atoms with Crippen LogP contribution in [0.25, 0.3) is 0 Å². The zero-order valence-electron chi connectivity index (χ0n) is 12.2. The molecule has 1 amide bonds. The number of benzene rings is 1. The molecule has 0 radical (unpaired) electrons. The summed E-state index contributed by atoms with van der Waals surface area (Å²) in [6.07, 6.45) is 0.749. The van der Waals surface area contributed by atoms with Crippen LogP contribution in [0.1, 0.15) is 38.7 Å². The van der Waals surface area contributed by atoms with Crippen molar-refractivity contribution in [1.29, 1.82) is 0 Å². The highest BCUT2D eigenvalue weighted by Crippen LogP contribution is 2.47. The van der Waals surface area contributed by atoms with Gasteiger partial charge in [0.2, 0.25) is 5.91 Å². The minimum absolute atomic E-state index is 0.0554. The normalized spacial score (nSPS) is 24.3. The molecule has 3 unspecified atom stereocenters. The maximum absolute atomic E-state index is 13.1. The molecule has 0 saturated heterocycles. The average molecular weight is 279 g/mol. The molecule has 0 heterocycles. The Morgan fingerprint density at radius 1 is 1.55 bits per heavy atom. The van der Waals surface area contributed by atoms with Crippen LogP contribution >= 0.6 is 0 Å². The monoisotopic (exact) mass is 279 g/mol. The predicted octanol–water partition coefficient (Wildman–Crippen LogP) is 2.45. The number of amides is 1. The van der Waals surface area contributed by atoms with Crippen molar-refractivity contribution in [3.63, 3.8) is 0 Å². The zero-order chi connectivity index (χ0) is 14.9. The van der Waals surface area contributed by atoms with Gasteiger partial charge in [-0.15, -0.1) is 0 Å². The lowest BCUT2D eigenvalue weighted by Crippen LogP contribution is -2.44. The number of aliphatic hydroxyl groups is 1. The van der Waals surface area contributed by atoms with Crippen molar-refractivity contribution in [2.75, 3.05) is 6.54 Å².